The van der Waals surface area contributed by atoms with Crippen LogP contribution in [0.1, 0.15) is 5.56 Å². The number of carbonyl (C=O) groups excluding carboxylic acids is 1. The highest BCUT2D eigenvalue weighted by molar-refractivity contribution is 6.14. The molecule has 1 aromatic carbocycles. The Morgan fingerprint density at radius 2 is 2.00 bits per heavy atom. The zero-order chi connectivity index (χ0) is 12.1. The molecule has 4 nitrogen and oxygen atoms in total. The molecule has 0 bridgehead atoms. The van der Waals surface area contributed by atoms with Crippen molar-refractivity contribution in [3.05, 3.63) is 54.4 Å². The molecule has 2 rings (SSSR count). The van der Waals surface area contributed by atoms with Gasteiger partial charge in [0.1, 0.15) is 0 Å². The van der Waals surface area contributed by atoms with Crippen molar-refractivity contribution in [1.82, 2.24) is 5.32 Å². The molecule has 0 saturated heterocycles. The number of benzene rings is 1. The normalized spacial score (nSPS) is 23.2. The second-order valence-electron chi connectivity index (χ2n) is 3.71. The minimum Gasteiger partial charge on any atom is -0.361 e. The highest BCUT2D eigenvalue weighted by atomic mass is 16.1. The van der Waals surface area contributed by atoms with Gasteiger partial charge in [-0.2, -0.15) is 0 Å². The van der Waals surface area contributed by atoms with Crippen molar-refractivity contribution in [2.75, 3.05) is 0 Å². The van der Waals surface area contributed by atoms with Crippen LogP contribution >= 0.6 is 0 Å². The molecule has 17 heavy (non-hydrogen) atoms. The predicted octanol–water partition coefficient (Wildman–Crippen LogP) is 1.07. The van der Waals surface area contributed by atoms with Gasteiger partial charge in [0, 0.05) is 12.4 Å². The number of rotatable bonds is 3. The highest BCUT2D eigenvalue weighted by Gasteiger charge is 2.29. The maximum Gasteiger partial charge on any atom is 0.186 e. The Balaban J connectivity index is 2.23. The molecule has 1 aromatic rings. The number of aliphatic imine (C=N–C) groups is 1. The van der Waals surface area contributed by atoms with Crippen LogP contribution in [-0.2, 0) is 4.79 Å². The van der Waals surface area contributed by atoms with E-state index in [1.165, 1.54) is 0 Å². The molecule has 1 atom stereocenters. The van der Waals surface area contributed by atoms with Gasteiger partial charge in [0.25, 0.3) is 0 Å². The lowest BCUT2D eigenvalue weighted by Crippen LogP contribution is -2.59. The SMILES string of the molecule is NC1(C=O)NC=CN=C1C=Cc1ccccc1. The number of nitrogens with two attached hydrogens (primary N) is 1. The summed E-state index contributed by atoms with van der Waals surface area (Å²) < 4.78 is 0. The molecule has 0 amide bonds. The summed E-state index contributed by atoms with van der Waals surface area (Å²) in [6.07, 6.45) is 7.36. The van der Waals surface area contributed by atoms with Crippen molar-refractivity contribution in [3.8, 4) is 0 Å². The van der Waals surface area contributed by atoms with Gasteiger partial charge in [0.2, 0.25) is 0 Å². The number of nitrogens with zero attached hydrogens (tertiary/aromatic N) is 1. The van der Waals surface area contributed by atoms with Gasteiger partial charge in [0.15, 0.2) is 11.9 Å². The Morgan fingerprint density at radius 1 is 1.24 bits per heavy atom. The summed E-state index contributed by atoms with van der Waals surface area (Å²) in [5, 5.41) is 2.78. The fourth-order valence-corrected chi connectivity index (χ4v) is 1.49. The van der Waals surface area contributed by atoms with E-state index in [-0.39, 0.29) is 0 Å². The first kappa shape index (κ1) is 11.3. The lowest BCUT2D eigenvalue weighted by molar-refractivity contribution is -0.110. The third kappa shape index (κ3) is 2.49. The fraction of sp³-hybridized carbons (Fsp3) is 0.0769. The van der Waals surface area contributed by atoms with Crippen molar-refractivity contribution in [2.45, 2.75) is 5.66 Å². The monoisotopic (exact) mass is 227 g/mol. The van der Waals surface area contributed by atoms with Gasteiger partial charge < -0.3 is 5.32 Å². The Bertz CT molecular complexity index is 491. The van der Waals surface area contributed by atoms with Crippen molar-refractivity contribution in [1.29, 1.82) is 0 Å². The van der Waals surface area contributed by atoms with Crippen molar-refractivity contribution in [3.63, 3.8) is 0 Å². The van der Waals surface area contributed by atoms with E-state index in [0.29, 0.717) is 12.0 Å². The first-order valence-corrected chi connectivity index (χ1v) is 5.24. The molecular weight excluding hydrogens is 214 g/mol. The third-order valence-corrected chi connectivity index (χ3v) is 2.45. The van der Waals surface area contributed by atoms with Crippen LogP contribution in [0.2, 0.25) is 0 Å². The lowest BCUT2D eigenvalue weighted by Gasteiger charge is -2.25. The van der Waals surface area contributed by atoms with E-state index in [1.54, 1.807) is 18.5 Å². The molecule has 0 aliphatic carbocycles. The molecule has 86 valence electrons. The molecular formula is C13H13N3O. The number of carbonyl (C=O) groups is 1. The number of hydrogen-bond acceptors (Lipinski definition) is 4. The second kappa shape index (κ2) is 4.76. The second-order valence-corrected chi connectivity index (χ2v) is 3.71. The van der Waals surface area contributed by atoms with Gasteiger partial charge in [-0.3, -0.25) is 15.5 Å². The average Bonchev–Trinajstić information content (AvgIpc) is 2.39. The summed E-state index contributed by atoms with van der Waals surface area (Å²) in [5.74, 6) is 0. The van der Waals surface area contributed by atoms with Crippen molar-refractivity contribution in [2.24, 2.45) is 10.7 Å². The Kier molecular flexibility index (Phi) is 3.16. The first-order chi connectivity index (χ1) is 8.24. The van der Waals surface area contributed by atoms with Gasteiger partial charge in [-0.1, -0.05) is 36.4 Å². The number of aldehydes is 1. The molecule has 0 saturated carbocycles. The Hall–Kier alpha value is -2.20. The zero-order valence-corrected chi connectivity index (χ0v) is 9.21. The van der Waals surface area contributed by atoms with Gasteiger partial charge in [-0.05, 0) is 11.6 Å². The van der Waals surface area contributed by atoms with E-state index < -0.39 is 5.66 Å². The topological polar surface area (TPSA) is 67.5 Å². The lowest BCUT2D eigenvalue weighted by atomic mass is 10.0. The summed E-state index contributed by atoms with van der Waals surface area (Å²) in [6.45, 7) is 0. The summed E-state index contributed by atoms with van der Waals surface area (Å²) >= 11 is 0. The van der Waals surface area contributed by atoms with Crippen LogP contribution in [0, 0.1) is 0 Å². The molecule has 0 radical (unpaired) electrons. The van der Waals surface area contributed by atoms with E-state index in [1.807, 2.05) is 36.4 Å². The maximum atomic E-state index is 11.0. The van der Waals surface area contributed by atoms with Crippen molar-refractivity contribution < 1.29 is 4.79 Å². The standard InChI is InChI=1S/C13H13N3O/c14-13(10-17)12(15-8-9-16-13)7-6-11-4-2-1-3-5-11/h1-10,16H,14H2. The van der Waals surface area contributed by atoms with Gasteiger partial charge in [-0.25, -0.2) is 0 Å². The van der Waals surface area contributed by atoms with Crippen LogP contribution in [-0.4, -0.2) is 17.7 Å². The molecule has 0 spiro atoms. The van der Waals surface area contributed by atoms with E-state index in [9.17, 15) is 4.79 Å². The summed E-state index contributed by atoms with van der Waals surface area (Å²) in [7, 11) is 0. The minimum atomic E-state index is -1.24. The van der Waals surface area contributed by atoms with Crippen LogP contribution < -0.4 is 11.1 Å². The molecule has 4 heteroatoms. The first-order valence-electron chi connectivity index (χ1n) is 5.24. The maximum absolute atomic E-state index is 11.0. The number of hydrogen-bond donors (Lipinski definition) is 2. The molecule has 1 aliphatic rings. The highest BCUT2D eigenvalue weighted by Crippen LogP contribution is 2.07. The largest absolute Gasteiger partial charge is 0.361 e. The van der Waals surface area contributed by atoms with Crippen LogP contribution in [0.5, 0.6) is 0 Å². The molecule has 1 aliphatic heterocycles. The molecule has 1 heterocycles. The predicted molar refractivity (Wildman–Crippen MR) is 68.2 cm³/mol. The molecule has 0 aromatic heterocycles. The summed E-state index contributed by atoms with van der Waals surface area (Å²) in [4.78, 5) is 15.1. The van der Waals surface area contributed by atoms with Crippen molar-refractivity contribution >= 4 is 18.1 Å². The quantitative estimate of drug-likeness (QED) is 0.759. The summed E-state index contributed by atoms with van der Waals surface area (Å²) in [5.41, 5.74) is 6.13. The average molecular weight is 227 g/mol. The van der Waals surface area contributed by atoms with Crippen LogP contribution in [0.4, 0.5) is 0 Å². The van der Waals surface area contributed by atoms with Gasteiger partial charge in [-0.15, -0.1) is 0 Å². The fourth-order valence-electron chi connectivity index (χ4n) is 1.49. The van der Waals surface area contributed by atoms with E-state index in [0.717, 1.165) is 5.56 Å². The Labute approximate surface area is 99.5 Å². The van der Waals surface area contributed by atoms with E-state index in [2.05, 4.69) is 10.3 Å². The smallest absolute Gasteiger partial charge is 0.186 e. The molecule has 0 fully saturated rings. The van der Waals surface area contributed by atoms with E-state index in [4.69, 9.17) is 5.73 Å². The van der Waals surface area contributed by atoms with Gasteiger partial charge in [0.05, 0.1) is 5.71 Å². The van der Waals surface area contributed by atoms with Gasteiger partial charge >= 0.3 is 0 Å². The molecule has 3 N–H and O–H groups in total. The minimum absolute atomic E-state index is 0.485. The van der Waals surface area contributed by atoms with Crippen LogP contribution in [0.15, 0.2) is 53.8 Å². The van der Waals surface area contributed by atoms with Crippen LogP contribution in [0.25, 0.3) is 6.08 Å². The zero-order valence-electron chi connectivity index (χ0n) is 9.21. The molecule has 1 unspecified atom stereocenters. The van der Waals surface area contributed by atoms with E-state index >= 15 is 0 Å². The third-order valence-electron chi connectivity index (χ3n) is 2.45. The number of nitrogens with one attached hydrogen (secondary N) is 1. The van der Waals surface area contributed by atoms with Crippen LogP contribution in [0.3, 0.4) is 0 Å². The Morgan fingerprint density at radius 3 is 2.71 bits per heavy atom. The summed E-state index contributed by atoms with van der Waals surface area (Å²) in [6, 6.07) is 9.74.